The van der Waals surface area contributed by atoms with Crippen molar-refractivity contribution in [3.8, 4) is 0 Å². The van der Waals surface area contributed by atoms with E-state index in [1.165, 1.54) is 5.39 Å². The molecule has 1 aromatic heterocycles. The average Bonchev–Trinajstić information content (AvgIpc) is 2.96. The Hall–Kier alpha value is -1.46. The van der Waals surface area contributed by atoms with Crippen molar-refractivity contribution in [1.82, 2.24) is 9.88 Å². The van der Waals surface area contributed by atoms with Gasteiger partial charge in [-0.1, -0.05) is 18.2 Å². The van der Waals surface area contributed by atoms with E-state index < -0.39 is 0 Å². The predicted octanol–water partition coefficient (Wildman–Crippen LogP) is 2.67. The molecule has 0 unspecified atom stereocenters. The van der Waals surface area contributed by atoms with Crippen molar-refractivity contribution < 1.29 is 9.53 Å². The van der Waals surface area contributed by atoms with Crippen LogP contribution in [0.2, 0.25) is 0 Å². The van der Waals surface area contributed by atoms with Crippen LogP contribution in [0.5, 0.6) is 0 Å². The molecule has 1 aliphatic heterocycles. The van der Waals surface area contributed by atoms with Gasteiger partial charge < -0.3 is 14.6 Å². The van der Waals surface area contributed by atoms with Gasteiger partial charge in [-0.3, -0.25) is 4.79 Å². The van der Waals surface area contributed by atoms with Gasteiger partial charge in [0.05, 0.1) is 0 Å². The molecule has 1 amide bonds. The number of carbonyl (C=O) groups excluding carboxylic acids is 1. The van der Waals surface area contributed by atoms with Crippen molar-refractivity contribution in [1.29, 1.82) is 0 Å². The zero-order valence-corrected chi connectivity index (χ0v) is 13.5. The molecule has 118 valence electrons. The Morgan fingerprint density at radius 2 is 2.09 bits per heavy atom. The normalized spacial score (nSPS) is 16.0. The number of benzene rings is 1. The fraction of sp³-hybridized carbons (Fsp3) is 0.471. The lowest BCUT2D eigenvalue weighted by Crippen LogP contribution is -2.30. The first-order valence-electron chi connectivity index (χ1n) is 7.83. The second kappa shape index (κ2) is 7.70. The molecule has 0 spiro atoms. The molecule has 0 radical (unpaired) electrons. The minimum atomic E-state index is 0.0777. The first kappa shape index (κ1) is 15.4. The molecule has 1 N–H and O–H groups in total. The number of aromatic nitrogens is 1. The maximum absolute atomic E-state index is 12.0. The van der Waals surface area contributed by atoms with Gasteiger partial charge in [-0.15, -0.1) is 0 Å². The summed E-state index contributed by atoms with van der Waals surface area (Å²) in [6.45, 7) is 2.88. The van der Waals surface area contributed by atoms with Crippen LogP contribution in [0.25, 0.3) is 10.9 Å². The van der Waals surface area contributed by atoms with Crippen molar-refractivity contribution in [3.63, 3.8) is 0 Å². The predicted molar refractivity (Wildman–Crippen MR) is 91.2 cm³/mol. The van der Waals surface area contributed by atoms with Crippen molar-refractivity contribution in [2.45, 2.75) is 24.6 Å². The Morgan fingerprint density at radius 1 is 1.27 bits per heavy atom. The Balaban J connectivity index is 1.41. The first-order valence-corrected chi connectivity index (χ1v) is 8.88. The van der Waals surface area contributed by atoms with Gasteiger partial charge in [0.15, 0.2) is 0 Å². The number of fused-ring (bicyclic) bond motifs is 1. The van der Waals surface area contributed by atoms with Gasteiger partial charge >= 0.3 is 0 Å². The molecule has 1 aromatic carbocycles. The number of thioether (sulfide) groups is 1. The molecule has 2 heterocycles. The third-order valence-electron chi connectivity index (χ3n) is 3.94. The average molecular weight is 318 g/mol. The smallest absolute Gasteiger partial charge is 0.239 e. The molecule has 0 aliphatic carbocycles. The van der Waals surface area contributed by atoms with Gasteiger partial charge in [0.1, 0.15) is 6.54 Å². The summed E-state index contributed by atoms with van der Waals surface area (Å²) in [4.78, 5) is 12.0. The number of carbonyl (C=O) groups is 1. The second-order valence-electron chi connectivity index (χ2n) is 5.53. The third-order valence-corrected chi connectivity index (χ3v) is 5.32. The maximum Gasteiger partial charge on any atom is 0.239 e. The summed E-state index contributed by atoms with van der Waals surface area (Å²) in [5.74, 6) is 1.05. The Kier molecular flexibility index (Phi) is 5.40. The van der Waals surface area contributed by atoms with E-state index in [1.807, 2.05) is 46.8 Å². The van der Waals surface area contributed by atoms with E-state index in [0.29, 0.717) is 11.8 Å². The van der Waals surface area contributed by atoms with E-state index in [0.717, 1.165) is 43.9 Å². The number of amides is 1. The van der Waals surface area contributed by atoms with E-state index in [2.05, 4.69) is 11.4 Å². The standard InChI is InChI=1S/C17H22N2O2S/c20-17(18-8-12-22-15-6-10-21-11-7-15)13-19-9-5-14-3-1-2-4-16(14)19/h1-5,9,15H,6-8,10-13H2,(H,18,20). The molecular formula is C17H22N2O2S. The lowest BCUT2D eigenvalue weighted by Gasteiger charge is -2.21. The summed E-state index contributed by atoms with van der Waals surface area (Å²) in [7, 11) is 0. The molecular weight excluding hydrogens is 296 g/mol. The zero-order chi connectivity index (χ0) is 15.2. The highest BCUT2D eigenvalue weighted by Gasteiger charge is 2.13. The van der Waals surface area contributed by atoms with Crippen LogP contribution < -0.4 is 5.32 Å². The van der Waals surface area contributed by atoms with Gasteiger partial charge in [-0.25, -0.2) is 0 Å². The van der Waals surface area contributed by atoms with Gasteiger partial charge in [0.25, 0.3) is 0 Å². The van der Waals surface area contributed by atoms with E-state index in [-0.39, 0.29) is 5.91 Å². The SMILES string of the molecule is O=C(Cn1ccc2ccccc21)NCCSC1CCOCC1. The topological polar surface area (TPSA) is 43.3 Å². The van der Waals surface area contributed by atoms with Crippen LogP contribution in [0.15, 0.2) is 36.5 Å². The van der Waals surface area contributed by atoms with Gasteiger partial charge in [0, 0.05) is 42.5 Å². The molecule has 1 fully saturated rings. The number of para-hydroxylation sites is 1. The molecule has 0 saturated carbocycles. The summed E-state index contributed by atoms with van der Waals surface area (Å²) in [6, 6.07) is 10.2. The van der Waals surface area contributed by atoms with Crippen LogP contribution >= 0.6 is 11.8 Å². The number of nitrogens with zero attached hydrogens (tertiary/aromatic N) is 1. The second-order valence-corrected chi connectivity index (χ2v) is 6.94. The van der Waals surface area contributed by atoms with Gasteiger partial charge in [0.2, 0.25) is 5.91 Å². The van der Waals surface area contributed by atoms with Crippen LogP contribution in [-0.2, 0) is 16.1 Å². The van der Waals surface area contributed by atoms with Crippen LogP contribution in [0.4, 0.5) is 0 Å². The summed E-state index contributed by atoms with van der Waals surface area (Å²) in [5.41, 5.74) is 1.11. The summed E-state index contributed by atoms with van der Waals surface area (Å²) in [5, 5.41) is 4.88. The number of ether oxygens (including phenoxy) is 1. The molecule has 1 saturated heterocycles. The monoisotopic (exact) mass is 318 g/mol. The molecule has 1 aliphatic rings. The number of nitrogens with one attached hydrogen (secondary N) is 1. The molecule has 22 heavy (non-hydrogen) atoms. The highest BCUT2D eigenvalue weighted by atomic mass is 32.2. The van der Waals surface area contributed by atoms with Crippen molar-refractivity contribution in [3.05, 3.63) is 36.5 Å². The highest BCUT2D eigenvalue weighted by molar-refractivity contribution is 7.99. The zero-order valence-electron chi connectivity index (χ0n) is 12.7. The minimum Gasteiger partial charge on any atom is -0.381 e. The molecule has 5 heteroatoms. The number of hydrogen-bond acceptors (Lipinski definition) is 3. The largest absolute Gasteiger partial charge is 0.381 e. The van der Waals surface area contributed by atoms with Gasteiger partial charge in [-0.05, 0) is 30.4 Å². The van der Waals surface area contributed by atoms with Crippen LogP contribution in [-0.4, -0.2) is 41.2 Å². The summed E-state index contributed by atoms with van der Waals surface area (Å²) >= 11 is 1.95. The van der Waals surface area contributed by atoms with Crippen LogP contribution in [0, 0.1) is 0 Å². The lowest BCUT2D eigenvalue weighted by atomic mass is 10.2. The first-order chi connectivity index (χ1) is 10.8. The third kappa shape index (κ3) is 4.05. The van der Waals surface area contributed by atoms with E-state index in [9.17, 15) is 4.79 Å². The van der Waals surface area contributed by atoms with Crippen LogP contribution in [0.3, 0.4) is 0 Å². The number of hydrogen-bond donors (Lipinski definition) is 1. The summed E-state index contributed by atoms with van der Waals surface area (Å²) < 4.78 is 7.35. The minimum absolute atomic E-state index is 0.0777. The van der Waals surface area contributed by atoms with Crippen molar-refractivity contribution in [2.75, 3.05) is 25.5 Å². The fourth-order valence-corrected chi connectivity index (χ4v) is 3.83. The van der Waals surface area contributed by atoms with Gasteiger partial charge in [-0.2, -0.15) is 11.8 Å². The van der Waals surface area contributed by atoms with E-state index >= 15 is 0 Å². The molecule has 0 bridgehead atoms. The lowest BCUT2D eigenvalue weighted by molar-refractivity contribution is -0.121. The quantitative estimate of drug-likeness (QED) is 0.833. The Bertz CT molecular complexity index is 620. The Morgan fingerprint density at radius 3 is 2.95 bits per heavy atom. The molecule has 3 rings (SSSR count). The Labute approximate surface area is 135 Å². The summed E-state index contributed by atoms with van der Waals surface area (Å²) in [6.07, 6.45) is 4.24. The van der Waals surface area contributed by atoms with Crippen molar-refractivity contribution >= 4 is 28.6 Å². The van der Waals surface area contributed by atoms with Crippen LogP contribution in [0.1, 0.15) is 12.8 Å². The van der Waals surface area contributed by atoms with E-state index in [4.69, 9.17) is 4.74 Å². The highest BCUT2D eigenvalue weighted by Crippen LogP contribution is 2.21. The number of rotatable bonds is 6. The fourth-order valence-electron chi connectivity index (χ4n) is 2.75. The maximum atomic E-state index is 12.0. The molecule has 0 atom stereocenters. The molecule has 4 nitrogen and oxygen atoms in total. The van der Waals surface area contributed by atoms with E-state index in [1.54, 1.807) is 0 Å². The molecule has 2 aromatic rings. The van der Waals surface area contributed by atoms with Crippen molar-refractivity contribution in [2.24, 2.45) is 0 Å².